The first-order valence-corrected chi connectivity index (χ1v) is 6.99. The van der Waals surface area contributed by atoms with Crippen molar-refractivity contribution in [1.29, 1.82) is 5.41 Å². The summed E-state index contributed by atoms with van der Waals surface area (Å²) in [5, 5.41) is 7.46. The molecule has 116 valence electrons. The summed E-state index contributed by atoms with van der Waals surface area (Å²) >= 11 is 0. The lowest BCUT2D eigenvalue weighted by Gasteiger charge is -2.27. The molecule has 1 fully saturated rings. The van der Waals surface area contributed by atoms with Gasteiger partial charge < -0.3 is 10.5 Å². The fraction of sp³-hybridized carbons (Fsp3) is 0.533. The lowest BCUT2D eigenvalue weighted by atomic mass is 9.89. The number of halogens is 3. The molecule has 1 saturated carbocycles. The molecule has 1 aromatic carbocycles. The molecule has 21 heavy (non-hydrogen) atoms. The molecular weight excluding hydrogens is 281 g/mol. The van der Waals surface area contributed by atoms with Crippen LogP contribution in [0, 0.1) is 11.3 Å². The van der Waals surface area contributed by atoms with E-state index in [0.717, 1.165) is 37.8 Å². The second-order valence-corrected chi connectivity index (χ2v) is 5.62. The van der Waals surface area contributed by atoms with Gasteiger partial charge in [0.25, 0.3) is 0 Å². The first kappa shape index (κ1) is 15.7. The van der Waals surface area contributed by atoms with Crippen LogP contribution >= 0.6 is 0 Å². The van der Waals surface area contributed by atoms with Crippen LogP contribution in [0.2, 0.25) is 0 Å². The number of nitrogens with two attached hydrogens (primary N) is 1. The summed E-state index contributed by atoms with van der Waals surface area (Å²) in [5.74, 6) is 0.500. The number of hydrogen-bond donors (Lipinski definition) is 2. The smallest absolute Gasteiger partial charge is 0.416 e. The van der Waals surface area contributed by atoms with E-state index in [0.29, 0.717) is 5.92 Å². The molecule has 0 atom stereocenters. The maximum atomic E-state index is 12.7. The highest BCUT2D eigenvalue weighted by atomic mass is 19.4. The van der Waals surface area contributed by atoms with Gasteiger partial charge in [-0.2, -0.15) is 13.2 Å². The molecule has 0 saturated heterocycles. The Morgan fingerprint density at radius 1 is 1.24 bits per heavy atom. The topological polar surface area (TPSA) is 59.1 Å². The zero-order valence-electron chi connectivity index (χ0n) is 11.8. The SMILES string of the molecule is CC1CCC(Oc2ccc(C(F)(F)F)cc2C(=N)N)CC1. The number of benzene rings is 1. The summed E-state index contributed by atoms with van der Waals surface area (Å²) in [4.78, 5) is 0. The molecule has 0 bridgehead atoms. The van der Waals surface area contributed by atoms with E-state index in [1.165, 1.54) is 6.07 Å². The Hall–Kier alpha value is -1.72. The minimum absolute atomic E-state index is 0.00319. The van der Waals surface area contributed by atoms with Gasteiger partial charge in [0, 0.05) is 0 Å². The normalized spacial score (nSPS) is 22.9. The van der Waals surface area contributed by atoms with Crippen molar-refractivity contribution in [2.75, 3.05) is 0 Å². The van der Waals surface area contributed by atoms with Gasteiger partial charge >= 0.3 is 6.18 Å². The number of nitrogens with one attached hydrogen (secondary N) is 1. The van der Waals surface area contributed by atoms with Crippen molar-refractivity contribution >= 4 is 5.84 Å². The van der Waals surface area contributed by atoms with E-state index in [-0.39, 0.29) is 17.4 Å². The molecule has 2 rings (SSSR count). The lowest BCUT2D eigenvalue weighted by Crippen LogP contribution is -2.25. The number of ether oxygens (including phenoxy) is 1. The fourth-order valence-electron chi connectivity index (χ4n) is 2.55. The molecule has 0 aromatic heterocycles. The second-order valence-electron chi connectivity index (χ2n) is 5.62. The molecule has 0 heterocycles. The van der Waals surface area contributed by atoms with Crippen LogP contribution in [-0.2, 0) is 6.18 Å². The summed E-state index contributed by atoms with van der Waals surface area (Å²) in [6.07, 6.45) is -0.639. The number of rotatable bonds is 3. The van der Waals surface area contributed by atoms with E-state index in [1.54, 1.807) is 0 Å². The fourth-order valence-corrected chi connectivity index (χ4v) is 2.55. The van der Waals surface area contributed by atoms with Crippen LogP contribution in [0.1, 0.15) is 43.7 Å². The zero-order chi connectivity index (χ0) is 15.6. The van der Waals surface area contributed by atoms with Crippen LogP contribution in [-0.4, -0.2) is 11.9 Å². The average Bonchev–Trinajstić information content (AvgIpc) is 2.40. The van der Waals surface area contributed by atoms with Gasteiger partial charge in [-0.05, 0) is 49.8 Å². The van der Waals surface area contributed by atoms with Crippen molar-refractivity contribution in [3.05, 3.63) is 29.3 Å². The van der Waals surface area contributed by atoms with Gasteiger partial charge in [0.15, 0.2) is 0 Å². The number of alkyl halides is 3. The third-order valence-corrected chi connectivity index (χ3v) is 3.85. The molecule has 1 aromatic rings. The van der Waals surface area contributed by atoms with Crippen molar-refractivity contribution in [2.45, 2.75) is 44.9 Å². The van der Waals surface area contributed by atoms with E-state index < -0.39 is 17.6 Å². The van der Waals surface area contributed by atoms with Gasteiger partial charge in [0.1, 0.15) is 11.6 Å². The van der Waals surface area contributed by atoms with Gasteiger partial charge in [-0.3, -0.25) is 5.41 Å². The molecule has 0 unspecified atom stereocenters. The average molecular weight is 300 g/mol. The number of amidine groups is 1. The molecule has 0 aliphatic heterocycles. The maximum Gasteiger partial charge on any atom is 0.416 e. The van der Waals surface area contributed by atoms with Gasteiger partial charge in [-0.1, -0.05) is 6.92 Å². The third kappa shape index (κ3) is 3.89. The number of hydrogen-bond acceptors (Lipinski definition) is 2. The Balaban J connectivity index is 2.21. The summed E-state index contributed by atoms with van der Waals surface area (Å²) < 4.78 is 43.9. The third-order valence-electron chi connectivity index (χ3n) is 3.85. The molecule has 0 radical (unpaired) electrons. The second kappa shape index (κ2) is 5.95. The van der Waals surface area contributed by atoms with Crippen LogP contribution in [0.5, 0.6) is 5.75 Å². The highest BCUT2D eigenvalue weighted by Crippen LogP contribution is 2.34. The summed E-state index contributed by atoms with van der Waals surface area (Å²) in [7, 11) is 0. The first-order valence-electron chi connectivity index (χ1n) is 6.99. The van der Waals surface area contributed by atoms with Gasteiger partial charge in [-0.15, -0.1) is 0 Å². The van der Waals surface area contributed by atoms with Crippen molar-refractivity contribution in [1.82, 2.24) is 0 Å². The molecule has 3 N–H and O–H groups in total. The Kier molecular flexibility index (Phi) is 4.44. The Bertz CT molecular complexity index is 520. The lowest BCUT2D eigenvalue weighted by molar-refractivity contribution is -0.137. The number of nitrogen functional groups attached to an aromatic ring is 1. The monoisotopic (exact) mass is 300 g/mol. The maximum absolute atomic E-state index is 12.7. The van der Waals surface area contributed by atoms with Crippen molar-refractivity contribution < 1.29 is 17.9 Å². The molecule has 1 aliphatic rings. The Labute approximate surface area is 121 Å². The molecule has 6 heteroatoms. The predicted octanol–water partition coefficient (Wildman–Crippen LogP) is 3.95. The minimum atomic E-state index is -4.46. The first-order chi connectivity index (χ1) is 9.77. The highest BCUT2D eigenvalue weighted by Gasteiger charge is 2.32. The van der Waals surface area contributed by atoms with Crippen molar-refractivity contribution in [2.24, 2.45) is 11.7 Å². The quantitative estimate of drug-likeness (QED) is 0.656. The van der Waals surface area contributed by atoms with Crippen LogP contribution in [0.4, 0.5) is 13.2 Å². The summed E-state index contributed by atoms with van der Waals surface area (Å²) in [6, 6.07) is 3.11. The standard InChI is InChI=1S/C15H19F3N2O/c1-9-2-5-11(6-3-9)21-13-7-4-10(15(16,17)18)8-12(13)14(19)20/h4,7-9,11H,2-3,5-6H2,1H3,(H3,19,20). The minimum Gasteiger partial charge on any atom is -0.490 e. The van der Waals surface area contributed by atoms with Crippen LogP contribution in [0.15, 0.2) is 18.2 Å². The molecule has 3 nitrogen and oxygen atoms in total. The van der Waals surface area contributed by atoms with Crippen molar-refractivity contribution in [3.8, 4) is 5.75 Å². The largest absolute Gasteiger partial charge is 0.490 e. The van der Waals surface area contributed by atoms with E-state index in [1.807, 2.05) is 0 Å². The van der Waals surface area contributed by atoms with Crippen LogP contribution in [0.3, 0.4) is 0 Å². The summed E-state index contributed by atoms with van der Waals surface area (Å²) in [6.45, 7) is 2.18. The van der Waals surface area contributed by atoms with E-state index >= 15 is 0 Å². The highest BCUT2D eigenvalue weighted by molar-refractivity contribution is 5.97. The summed E-state index contributed by atoms with van der Waals surface area (Å²) in [5.41, 5.74) is 4.57. The van der Waals surface area contributed by atoms with Crippen LogP contribution in [0.25, 0.3) is 0 Å². The molecular formula is C15H19F3N2O. The van der Waals surface area contributed by atoms with Crippen LogP contribution < -0.4 is 10.5 Å². The van der Waals surface area contributed by atoms with Gasteiger partial charge in [0.05, 0.1) is 17.2 Å². The molecule has 0 spiro atoms. The van der Waals surface area contributed by atoms with E-state index in [4.69, 9.17) is 15.9 Å². The Morgan fingerprint density at radius 2 is 1.86 bits per heavy atom. The predicted molar refractivity (Wildman–Crippen MR) is 74.5 cm³/mol. The zero-order valence-corrected chi connectivity index (χ0v) is 11.8. The van der Waals surface area contributed by atoms with E-state index in [9.17, 15) is 13.2 Å². The van der Waals surface area contributed by atoms with Gasteiger partial charge in [-0.25, -0.2) is 0 Å². The molecule has 0 amide bonds. The molecule has 1 aliphatic carbocycles. The Morgan fingerprint density at radius 3 is 2.38 bits per heavy atom. The van der Waals surface area contributed by atoms with Gasteiger partial charge in [0.2, 0.25) is 0 Å². The van der Waals surface area contributed by atoms with Crippen molar-refractivity contribution in [3.63, 3.8) is 0 Å². The van der Waals surface area contributed by atoms with E-state index in [2.05, 4.69) is 6.92 Å².